The summed E-state index contributed by atoms with van der Waals surface area (Å²) < 4.78 is 5.51. The highest BCUT2D eigenvalue weighted by atomic mass is 32.2. The van der Waals surface area contributed by atoms with E-state index in [0.29, 0.717) is 11.8 Å². The van der Waals surface area contributed by atoms with E-state index in [2.05, 4.69) is 35.2 Å². The van der Waals surface area contributed by atoms with Gasteiger partial charge in [-0.3, -0.25) is 4.90 Å². The van der Waals surface area contributed by atoms with E-state index in [-0.39, 0.29) is 5.78 Å². The fourth-order valence-corrected chi connectivity index (χ4v) is 4.01. The number of carbonyl (C=O) groups excluding carboxylic acids is 1. The number of hydrogen-bond donors (Lipinski definition) is 0. The Morgan fingerprint density at radius 3 is 2.91 bits per heavy atom. The van der Waals surface area contributed by atoms with Gasteiger partial charge in [0.05, 0.1) is 11.6 Å². The van der Waals surface area contributed by atoms with Crippen LogP contribution in [0, 0.1) is 0 Å². The molecule has 1 unspecified atom stereocenters. The van der Waals surface area contributed by atoms with Gasteiger partial charge in [0.2, 0.25) is 0 Å². The summed E-state index contributed by atoms with van der Waals surface area (Å²) in [6.07, 6.45) is 4.26. The van der Waals surface area contributed by atoms with Crippen LogP contribution in [0.15, 0.2) is 52.0 Å². The molecule has 116 valence electrons. The number of ketones is 1. The molecule has 0 spiro atoms. The largest absolute Gasteiger partial charge is 0.469 e. The monoisotopic (exact) mass is 315 g/mol. The number of nitrogens with zero attached hydrogens (tertiary/aromatic N) is 1. The number of fused-ring (bicyclic) bond motifs is 1. The lowest BCUT2D eigenvalue weighted by atomic mass is 10.1. The molecule has 22 heavy (non-hydrogen) atoms. The Labute approximate surface area is 135 Å². The molecule has 3 nitrogen and oxygen atoms in total. The quantitative estimate of drug-likeness (QED) is 0.751. The van der Waals surface area contributed by atoms with Crippen molar-refractivity contribution in [2.75, 3.05) is 6.54 Å². The summed E-state index contributed by atoms with van der Waals surface area (Å²) in [6, 6.07) is 12.5. The Balaban J connectivity index is 1.72. The molecule has 3 rings (SSSR count). The maximum atomic E-state index is 11.4. The van der Waals surface area contributed by atoms with Gasteiger partial charge in [-0.15, -0.1) is 11.8 Å². The first-order chi connectivity index (χ1) is 10.7. The van der Waals surface area contributed by atoms with Crippen molar-refractivity contribution in [3.8, 4) is 0 Å². The van der Waals surface area contributed by atoms with Crippen LogP contribution in [0.1, 0.15) is 31.1 Å². The normalized spacial score (nSPS) is 16.2. The van der Waals surface area contributed by atoms with Crippen molar-refractivity contribution in [2.24, 2.45) is 0 Å². The predicted molar refractivity (Wildman–Crippen MR) is 88.8 cm³/mol. The Bertz CT molecular complexity index is 623. The van der Waals surface area contributed by atoms with Crippen molar-refractivity contribution in [3.05, 3.63) is 54.0 Å². The minimum atomic E-state index is 0.264. The zero-order valence-electron chi connectivity index (χ0n) is 12.8. The van der Waals surface area contributed by atoms with Crippen LogP contribution in [0.2, 0.25) is 0 Å². The lowest BCUT2D eigenvalue weighted by molar-refractivity contribution is -0.117. The van der Waals surface area contributed by atoms with Crippen LogP contribution in [0.4, 0.5) is 0 Å². The van der Waals surface area contributed by atoms with Crippen molar-refractivity contribution in [2.45, 2.75) is 43.0 Å². The first kappa shape index (κ1) is 15.4. The summed E-state index contributed by atoms with van der Waals surface area (Å²) in [6.45, 7) is 3.58. The minimum absolute atomic E-state index is 0.264. The third kappa shape index (κ3) is 3.81. The number of benzene rings is 1. The second-order valence-electron chi connectivity index (χ2n) is 5.72. The van der Waals surface area contributed by atoms with Crippen molar-refractivity contribution >= 4 is 17.5 Å². The SMILES string of the molecule is CC(=O)CCC(Sc1ccccc1)N1CCc2occc2C1. The van der Waals surface area contributed by atoms with E-state index in [4.69, 9.17) is 4.42 Å². The molecule has 4 heteroatoms. The Morgan fingerprint density at radius 2 is 2.14 bits per heavy atom. The van der Waals surface area contributed by atoms with E-state index < -0.39 is 0 Å². The van der Waals surface area contributed by atoms with Gasteiger partial charge in [-0.1, -0.05) is 18.2 Å². The van der Waals surface area contributed by atoms with Crippen molar-refractivity contribution in [3.63, 3.8) is 0 Å². The van der Waals surface area contributed by atoms with Crippen LogP contribution in [0.5, 0.6) is 0 Å². The molecule has 0 saturated heterocycles. The maximum absolute atomic E-state index is 11.4. The standard InChI is InChI=1S/C18H21NO2S/c1-14(20)7-8-18(22-16-5-3-2-4-6-16)19-11-9-17-15(13-19)10-12-21-17/h2-6,10,12,18H,7-9,11,13H2,1H3. The Morgan fingerprint density at radius 1 is 1.32 bits per heavy atom. The molecular weight excluding hydrogens is 294 g/mol. The second-order valence-corrected chi connectivity index (χ2v) is 6.97. The van der Waals surface area contributed by atoms with Crippen molar-refractivity contribution in [1.29, 1.82) is 0 Å². The number of Topliss-reactive ketones (excluding diaryl/α,β-unsaturated/α-hetero) is 1. The topological polar surface area (TPSA) is 33.5 Å². The second kappa shape index (κ2) is 7.16. The summed E-state index contributed by atoms with van der Waals surface area (Å²) in [4.78, 5) is 15.1. The fraction of sp³-hybridized carbons (Fsp3) is 0.389. The van der Waals surface area contributed by atoms with Gasteiger partial charge in [0.1, 0.15) is 11.5 Å². The van der Waals surface area contributed by atoms with Crippen LogP contribution >= 0.6 is 11.8 Å². The predicted octanol–water partition coefficient (Wildman–Crippen LogP) is 4.13. The molecule has 0 amide bonds. The van der Waals surface area contributed by atoms with Gasteiger partial charge in [0, 0.05) is 36.4 Å². The van der Waals surface area contributed by atoms with Crippen LogP contribution in [0.25, 0.3) is 0 Å². The number of rotatable bonds is 6. The summed E-state index contributed by atoms with van der Waals surface area (Å²) in [5.41, 5.74) is 1.28. The Kier molecular flexibility index (Phi) is 5.01. The minimum Gasteiger partial charge on any atom is -0.469 e. The van der Waals surface area contributed by atoms with Crippen LogP contribution in [-0.2, 0) is 17.8 Å². The average molecular weight is 315 g/mol. The van der Waals surface area contributed by atoms with E-state index >= 15 is 0 Å². The number of hydrogen-bond acceptors (Lipinski definition) is 4. The fourth-order valence-electron chi connectivity index (χ4n) is 2.82. The number of furan rings is 1. The summed E-state index contributed by atoms with van der Waals surface area (Å²) >= 11 is 1.86. The third-order valence-corrected chi connectivity index (χ3v) is 5.35. The molecule has 0 radical (unpaired) electrons. The van der Waals surface area contributed by atoms with E-state index in [0.717, 1.165) is 31.7 Å². The molecule has 1 aliphatic rings. The molecule has 2 heterocycles. The molecule has 0 aliphatic carbocycles. The molecule has 1 aliphatic heterocycles. The summed E-state index contributed by atoms with van der Waals surface area (Å²) in [5, 5.41) is 0.328. The van der Waals surface area contributed by atoms with Gasteiger partial charge < -0.3 is 9.21 Å². The zero-order valence-corrected chi connectivity index (χ0v) is 13.6. The molecule has 2 aromatic rings. The average Bonchev–Trinajstić information content (AvgIpc) is 2.99. The Hall–Kier alpha value is -1.52. The lowest BCUT2D eigenvalue weighted by Gasteiger charge is -2.33. The van der Waals surface area contributed by atoms with E-state index in [9.17, 15) is 4.79 Å². The highest BCUT2D eigenvalue weighted by Crippen LogP contribution is 2.32. The van der Waals surface area contributed by atoms with Crippen molar-refractivity contribution in [1.82, 2.24) is 4.90 Å². The lowest BCUT2D eigenvalue weighted by Crippen LogP contribution is -2.37. The van der Waals surface area contributed by atoms with E-state index in [1.54, 1.807) is 13.2 Å². The molecule has 0 N–H and O–H groups in total. The molecule has 0 saturated carbocycles. The highest BCUT2D eigenvalue weighted by molar-refractivity contribution is 7.99. The number of carbonyl (C=O) groups is 1. The third-order valence-electron chi connectivity index (χ3n) is 4.00. The molecular formula is C18H21NO2S. The summed E-state index contributed by atoms with van der Waals surface area (Å²) in [7, 11) is 0. The summed E-state index contributed by atoms with van der Waals surface area (Å²) in [5.74, 6) is 1.38. The van der Waals surface area contributed by atoms with Crippen LogP contribution < -0.4 is 0 Å². The highest BCUT2D eigenvalue weighted by Gasteiger charge is 2.26. The van der Waals surface area contributed by atoms with Gasteiger partial charge >= 0.3 is 0 Å². The van der Waals surface area contributed by atoms with E-state index in [1.807, 2.05) is 17.8 Å². The maximum Gasteiger partial charge on any atom is 0.129 e. The van der Waals surface area contributed by atoms with Gasteiger partial charge in [-0.05, 0) is 31.5 Å². The van der Waals surface area contributed by atoms with E-state index in [1.165, 1.54) is 10.5 Å². The first-order valence-corrected chi connectivity index (χ1v) is 8.61. The van der Waals surface area contributed by atoms with Gasteiger partial charge in [0.15, 0.2) is 0 Å². The van der Waals surface area contributed by atoms with Crippen molar-refractivity contribution < 1.29 is 9.21 Å². The molecule has 0 fully saturated rings. The molecule has 0 bridgehead atoms. The van der Waals surface area contributed by atoms with Gasteiger partial charge in [-0.2, -0.15) is 0 Å². The smallest absolute Gasteiger partial charge is 0.129 e. The zero-order chi connectivity index (χ0) is 15.4. The first-order valence-electron chi connectivity index (χ1n) is 7.73. The number of thioether (sulfide) groups is 1. The van der Waals surface area contributed by atoms with Gasteiger partial charge in [0.25, 0.3) is 0 Å². The molecule has 1 aromatic carbocycles. The van der Waals surface area contributed by atoms with Gasteiger partial charge in [-0.25, -0.2) is 0 Å². The van der Waals surface area contributed by atoms with Crippen LogP contribution in [0.3, 0.4) is 0 Å². The van der Waals surface area contributed by atoms with Crippen LogP contribution in [-0.4, -0.2) is 22.6 Å². The molecule has 1 atom stereocenters. The molecule has 1 aromatic heterocycles.